The highest BCUT2D eigenvalue weighted by molar-refractivity contribution is 5.99. The molecule has 1 amide bonds. The molecule has 0 radical (unpaired) electrons. The number of carbonyl (C=O) groups excluding carboxylic acids is 1. The maximum absolute atomic E-state index is 11.7. The average Bonchev–Trinajstić information content (AvgIpc) is 3.14. The SMILES string of the molecule is CC(=NNC(=O)Cn1cncn1)c1ccc2c(c1)OCO2. The van der Waals surface area contributed by atoms with E-state index in [0.29, 0.717) is 17.2 Å². The monoisotopic (exact) mass is 287 g/mol. The van der Waals surface area contributed by atoms with Gasteiger partial charge in [-0.2, -0.15) is 10.2 Å². The molecule has 0 spiro atoms. The molecular weight excluding hydrogens is 274 g/mol. The summed E-state index contributed by atoms with van der Waals surface area (Å²) < 4.78 is 12.0. The van der Waals surface area contributed by atoms with Crippen molar-refractivity contribution in [2.24, 2.45) is 5.10 Å². The summed E-state index contributed by atoms with van der Waals surface area (Å²) in [5.41, 5.74) is 3.99. The van der Waals surface area contributed by atoms with Crippen molar-refractivity contribution in [3.63, 3.8) is 0 Å². The molecule has 2 aromatic rings. The summed E-state index contributed by atoms with van der Waals surface area (Å²) in [5.74, 6) is 1.11. The van der Waals surface area contributed by atoms with Crippen LogP contribution in [0.5, 0.6) is 11.5 Å². The summed E-state index contributed by atoms with van der Waals surface area (Å²) in [6.07, 6.45) is 2.84. The van der Waals surface area contributed by atoms with Crippen molar-refractivity contribution in [2.45, 2.75) is 13.5 Å². The summed E-state index contributed by atoms with van der Waals surface area (Å²) in [7, 11) is 0. The first-order chi connectivity index (χ1) is 10.2. The zero-order valence-corrected chi connectivity index (χ0v) is 11.3. The van der Waals surface area contributed by atoms with Gasteiger partial charge in [0.05, 0.1) is 5.71 Å². The number of benzene rings is 1. The standard InChI is InChI=1S/C13H13N5O3/c1-9(10-2-3-11-12(4-10)21-8-20-11)16-17-13(19)5-18-7-14-6-15-18/h2-4,6-7H,5,8H2,1H3,(H,17,19). The van der Waals surface area contributed by atoms with Crippen LogP contribution in [0.15, 0.2) is 36.0 Å². The van der Waals surface area contributed by atoms with E-state index in [2.05, 4.69) is 20.6 Å². The van der Waals surface area contributed by atoms with Gasteiger partial charge in [0.25, 0.3) is 5.91 Å². The number of nitrogens with one attached hydrogen (secondary N) is 1. The van der Waals surface area contributed by atoms with Crippen LogP contribution in [0.4, 0.5) is 0 Å². The largest absolute Gasteiger partial charge is 0.454 e. The minimum absolute atomic E-state index is 0.0674. The molecular formula is C13H13N5O3. The summed E-state index contributed by atoms with van der Waals surface area (Å²) >= 11 is 0. The summed E-state index contributed by atoms with van der Waals surface area (Å²) in [5, 5.41) is 7.91. The van der Waals surface area contributed by atoms with E-state index in [1.54, 1.807) is 6.92 Å². The van der Waals surface area contributed by atoms with Gasteiger partial charge in [-0.05, 0) is 25.1 Å². The van der Waals surface area contributed by atoms with Crippen LogP contribution >= 0.6 is 0 Å². The first kappa shape index (κ1) is 13.1. The molecule has 8 heteroatoms. The topological polar surface area (TPSA) is 90.6 Å². The maximum Gasteiger partial charge on any atom is 0.261 e. The van der Waals surface area contributed by atoms with Crippen molar-refractivity contribution in [2.75, 3.05) is 6.79 Å². The second-order valence-electron chi connectivity index (χ2n) is 4.39. The second kappa shape index (κ2) is 5.61. The quantitative estimate of drug-likeness (QED) is 0.655. The molecule has 0 aliphatic carbocycles. The fraction of sp³-hybridized carbons (Fsp3) is 0.231. The van der Waals surface area contributed by atoms with Crippen LogP contribution < -0.4 is 14.9 Å². The predicted molar refractivity (Wildman–Crippen MR) is 72.9 cm³/mol. The van der Waals surface area contributed by atoms with E-state index in [4.69, 9.17) is 9.47 Å². The Hall–Kier alpha value is -2.90. The van der Waals surface area contributed by atoms with Gasteiger partial charge < -0.3 is 9.47 Å². The summed E-state index contributed by atoms with van der Waals surface area (Å²) in [6, 6.07) is 5.49. The third kappa shape index (κ3) is 2.99. The van der Waals surface area contributed by atoms with Crippen LogP contribution in [0.3, 0.4) is 0 Å². The summed E-state index contributed by atoms with van der Waals surface area (Å²) in [4.78, 5) is 15.4. The Bertz CT molecular complexity index is 681. The van der Waals surface area contributed by atoms with Crippen molar-refractivity contribution < 1.29 is 14.3 Å². The fourth-order valence-corrected chi connectivity index (χ4v) is 1.83. The first-order valence-corrected chi connectivity index (χ1v) is 6.28. The van der Waals surface area contributed by atoms with Crippen LogP contribution in [-0.4, -0.2) is 33.2 Å². The van der Waals surface area contributed by atoms with Crippen LogP contribution in [0.25, 0.3) is 0 Å². The van der Waals surface area contributed by atoms with E-state index < -0.39 is 0 Å². The van der Waals surface area contributed by atoms with Crippen molar-refractivity contribution in [1.29, 1.82) is 0 Å². The van der Waals surface area contributed by atoms with Gasteiger partial charge in [-0.15, -0.1) is 0 Å². The number of fused-ring (bicyclic) bond motifs is 1. The van der Waals surface area contributed by atoms with Crippen molar-refractivity contribution >= 4 is 11.6 Å². The van der Waals surface area contributed by atoms with E-state index in [0.717, 1.165) is 5.56 Å². The highest BCUT2D eigenvalue weighted by Gasteiger charge is 2.14. The molecule has 1 aromatic carbocycles. The molecule has 1 aliphatic rings. The molecule has 2 heterocycles. The minimum Gasteiger partial charge on any atom is -0.454 e. The van der Waals surface area contributed by atoms with Crippen LogP contribution in [-0.2, 0) is 11.3 Å². The molecule has 1 aromatic heterocycles. The van der Waals surface area contributed by atoms with Gasteiger partial charge in [0.1, 0.15) is 19.2 Å². The van der Waals surface area contributed by atoms with Crippen LogP contribution in [0, 0.1) is 0 Å². The Morgan fingerprint density at radius 1 is 1.43 bits per heavy atom. The number of carbonyl (C=O) groups is 1. The van der Waals surface area contributed by atoms with Gasteiger partial charge in [0.15, 0.2) is 11.5 Å². The van der Waals surface area contributed by atoms with Crippen LogP contribution in [0.1, 0.15) is 12.5 Å². The molecule has 0 bridgehead atoms. The number of hydrazone groups is 1. The zero-order chi connectivity index (χ0) is 14.7. The van der Waals surface area contributed by atoms with Crippen LogP contribution in [0.2, 0.25) is 0 Å². The minimum atomic E-state index is -0.277. The molecule has 108 valence electrons. The number of hydrogen-bond acceptors (Lipinski definition) is 6. The predicted octanol–water partition coefficient (Wildman–Crippen LogP) is 0.547. The molecule has 0 unspecified atom stereocenters. The highest BCUT2D eigenvalue weighted by atomic mass is 16.7. The van der Waals surface area contributed by atoms with E-state index in [-0.39, 0.29) is 19.2 Å². The lowest BCUT2D eigenvalue weighted by atomic mass is 10.1. The van der Waals surface area contributed by atoms with E-state index in [9.17, 15) is 4.79 Å². The number of rotatable bonds is 4. The van der Waals surface area contributed by atoms with Crippen molar-refractivity contribution in [1.82, 2.24) is 20.2 Å². The number of hydrogen-bond donors (Lipinski definition) is 1. The number of aromatic nitrogens is 3. The van der Waals surface area contributed by atoms with Crippen molar-refractivity contribution in [3.8, 4) is 11.5 Å². The molecule has 3 rings (SSSR count). The Kier molecular flexibility index (Phi) is 3.50. The first-order valence-electron chi connectivity index (χ1n) is 6.28. The van der Waals surface area contributed by atoms with Gasteiger partial charge >= 0.3 is 0 Å². The molecule has 8 nitrogen and oxygen atoms in total. The third-order valence-electron chi connectivity index (χ3n) is 2.91. The maximum atomic E-state index is 11.7. The van der Waals surface area contributed by atoms with Gasteiger partial charge in [0, 0.05) is 5.56 Å². The Labute approximate surface area is 120 Å². The Morgan fingerprint density at radius 2 is 2.29 bits per heavy atom. The number of ether oxygens (including phenoxy) is 2. The van der Waals surface area contributed by atoms with E-state index >= 15 is 0 Å². The molecule has 1 N–H and O–H groups in total. The van der Waals surface area contributed by atoms with Gasteiger partial charge in [-0.25, -0.2) is 15.1 Å². The molecule has 0 fully saturated rings. The lowest BCUT2D eigenvalue weighted by molar-refractivity contribution is -0.121. The normalized spacial score (nSPS) is 13.3. The molecule has 0 saturated heterocycles. The van der Waals surface area contributed by atoms with Crippen molar-refractivity contribution in [3.05, 3.63) is 36.4 Å². The molecule has 1 aliphatic heterocycles. The Morgan fingerprint density at radius 3 is 3.10 bits per heavy atom. The summed E-state index contributed by atoms with van der Waals surface area (Å²) in [6.45, 7) is 2.09. The lowest BCUT2D eigenvalue weighted by Gasteiger charge is -2.04. The molecule has 0 saturated carbocycles. The average molecular weight is 287 g/mol. The molecule has 0 atom stereocenters. The Balaban J connectivity index is 1.64. The second-order valence-corrected chi connectivity index (χ2v) is 4.39. The van der Waals surface area contributed by atoms with Gasteiger partial charge in [-0.1, -0.05) is 0 Å². The lowest BCUT2D eigenvalue weighted by Crippen LogP contribution is -2.24. The molecule has 21 heavy (non-hydrogen) atoms. The van der Waals surface area contributed by atoms with E-state index in [1.807, 2.05) is 18.2 Å². The van der Waals surface area contributed by atoms with Gasteiger partial charge in [-0.3, -0.25) is 4.79 Å². The smallest absolute Gasteiger partial charge is 0.261 e. The van der Waals surface area contributed by atoms with Gasteiger partial charge in [0.2, 0.25) is 6.79 Å². The zero-order valence-electron chi connectivity index (χ0n) is 11.3. The number of nitrogens with zero attached hydrogens (tertiary/aromatic N) is 4. The highest BCUT2D eigenvalue weighted by Crippen LogP contribution is 2.32. The van der Waals surface area contributed by atoms with E-state index in [1.165, 1.54) is 17.3 Å². The fourth-order valence-electron chi connectivity index (χ4n) is 1.83. The number of amides is 1. The third-order valence-corrected chi connectivity index (χ3v) is 2.91.